The number of hydrogen-bond donors (Lipinski definition) is 1. The quantitative estimate of drug-likeness (QED) is 0.841. The second-order valence-electron chi connectivity index (χ2n) is 4.03. The molecule has 1 fully saturated rings. The summed E-state index contributed by atoms with van der Waals surface area (Å²) in [6, 6.07) is 0. The van der Waals surface area contributed by atoms with Gasteiger partial charge in [0.05, 0.1) is 29.1 Å². The van der Waals surface area contributed by atoms with Crippen LogP contribution in [0.2, 0.25) is 5.02 Å². The van der Waals surface area contributed by atoms with Gasteiger partial charge in [0.25, 0.3) is 0 Å². The predicted octanol–water partition coefficient (Wildman–Crippen LogP) is 2.11. The van der Waals surface area contributed by atoms with Gasteiger partial charge in [-0.3, -0.25) is 0 Å². The summed E-state index contributed by atoms with van der Waals surface area (Å²) >= 11 is 5.71. The highest BCUT2D eigenvalue weighted by atomic mass is 35.5. The monoisotopic (exact) mass is 227 g/mol. The molecule has 1 aromatic heterocycles. The molecule has 2 heterocycles. The first kappa shape index (κ1) is 10.6. The van der Waals surface area contributed by atoms with Gasteiger partial charge in [-0.1, -0.05) is 11.6 Å². The van der Waals surface area contributed by atoms with Gasteiger partial charge in [0.15, 0.2) is 0 Å². The third kappa shape index (κ3) is 2.21. The van der Waals surface area contributed by atoms with Gasteiger partial charge in [0, 0.05) is 6.61 Å². The molecule has 2 rings (SSSR count). The molecule has 0 amide bonds. The molecule has 82 valence electrons. The Labute approximate surface area is 94.0 Å². The van der Waals surface area contributed by atoms with E-state index in [2.05, 4.69) is 29.1 Å². The second-order valence-corrected chi connectivity index (χ2v) is 4.47. The van der Waals surface area contributed by atoms with Crippen molar-refractivity contribution in [3.8, 4) is 0 Å². The van der Waals surface area contributed by atoms with Crippen molar-refractivity contribution < 1.29 is 4.74 Å². The summed E-state index contributed by atoms with van der Waals surface area (Å²) in [6.07, 6.45) is 4.29. The Morgan fingerprint density at radius 3 is 2.73 bits per heavy atom. The minimum Gasteiger partial charge on any atom is -0.376 e. The number of anilines is 1. The molecule has 1 aliphatic heterocycles. The van der Waals surface area contributed by atoms with Crippen molar-refractivity contribution in [1.82, 2.24) is 9.97 Å². The molecule has 0 spiro atoms. The van der Waals surface area contributed by atoms with Crippen molar-refractivity contribution in [2.24, 2.45) is 0 Å². The van der Waals surface area contributed by atoms with Gasteiger partial charge >= 0.3 is 0 Å². The molecule has 2 unspecified atom stereocenters. The molecular formula is C10H14ClN3O. The molecule has 1 N–H and O–H groups in total. The molecule has 15 heavy (non-hydrogen) atoms. The first-order valence-corrected chi connectivity index (χ1v) is 5.35. The highest BCUT2D eigenvalue weighted by Crippen LogP contribution is 2.28. The lowest BCUT2D eigenvalue weighted by Crippen LogP contribution is -2.41. The number of rotatable bonds is 2. The molecule has 0 saturated carbocycles. The highest BCUT2D eigenvalue weighted by molar-refractivity contribution is 6.30. The number of ether oxygens (including phenoxy) is 1. The van der Waals surface area contributed by atoms with E-state index >= 15 is 0 Å². The van der Waals surface area contributed by atoms with E-state index < -0.39 is 0 Å². The number of halogens is 1. The zero-order valence-corrected chi connectivity index (χ0v) is 9.58. The number of nitrogens with one attached hydrogen (secondary N) is 1. The normalized spacial score (nSPS) is 30.5. The van der Waals surface area contributed by atoms with Gasteiger partial charge in [-0.2, -0.15) is 0 Å². The fourth-order valence-corrected chi connectivity index (χ4v) is 1.73. The zero-order chi connectivity index (χ0) is 10.9. The molecule has 0 radical (unpaired) electrons. The Kier molecular flexibility index (Phi) is 2.80. The Bertz CT molecular complexity index is 343. The molecule has 0 bridgehead atoms. The predicted molar refractivity (Wildman–Crippen MR) is 59.1 cm³/mol. The molecule has 1 saturated heterocycles. The summed E-state index contributed by atoms with van der Waals surface area (Å²) in [5.41, 5.74) is -0.0895. The van der Waals surface area contributed by atoms with Crippen molar-refractivity contribution in [2.75, 3.05) is 11.9 Å². The van der Waals surface area contributed by atoms with E-state index in [1.165, 1.54) is 0 Å². The molecule has 2 atom stereocenters. The van der Waals surface area contributed by atoms with Gasteiger partial charge in [0.1, 0.15) is 0 Å². The van der Waals surface area contributed by atoms with Crippen molar-refractivity contribution in [3.63, 3.8) is 0 Å². The minimum absolute atomic E-state index is 0.0895. The Morgan fingerprint density at radius 2 is 2.20 bits per heavy atom. The van der Waals surface area contributed by atoms with Crippen LogP contribution in [0.1, 0.15) is 20.3 Å². The standard InChI is InChI=1S/C10H14ClN3O/c1-7-10(2,3-4-15-7)14-9-12-5-8(11)6-13-9/h5-7H,3-4H2,1-2H3,(H,12,13,14). The van der Waals surface area contributed by atoms with Crippen LogP contribution in [0.5, 0.6) is 0 Å². The number of hydrogen-bond acceptors (Lipinski definition) is 4. The minimum atomic E-state index is -0.0895. The van der Waals surface area contributed by atoms with Crippen molar-refractivity contribution in [2.45, 2.75) is 31.9 Å². The van der Waals surface area contributed by atoms with E-state index in [1.807, 2.05) is 0 Å². The van der Waals surface area contributed by atoms with Crippen LogP contribution in [0.15, 0.2) is 12.4 Å². The molecular weight excluding hydrogens is 214 g/mol. The van der Waals surface area contributed by atoms with Crippen LogP contribution in [-0.2, 0) is 4.74 Å². The molecule has 1 aromatic rings. The number of aromatic nitrogens is 2. The third-order valence-corrected chi connectivity index (χ3v) is 3.10. The van der Waals surface area contributed by atoms with Crippen LogP contribution < -0.4 is 5.32 Å². The molecule has 0 aliphatic carbocycles. The molecule has 4 nitrogen and oxygen atoms in total. The van der Waals surface area contributed by atoms with Gasteiger partial charge < -0.3 is 10.1 Å². The first-order valence-electron chi connectivity index (χ1n) is 4.97. The van der Waals surface area contributed by atoms with Crippen molar-refractivity contribution in [3.05, 3.63) is 17.4 Å². The van der Waals surface area contributed by atoms with E-state index in [0.717, 1.165) is 13.0 Å². The van der Waals surface area contributed by atoms with Crippen LogP contribution in [0.4, 0.5) is 5.95 Å². The lowest BCUT2D eigenvalue weighted by Gasteiger charge is -2.28. The summed E-state index contributed by atoms with van der Waals surface area (Å²) in [5.74, 6) is 0.597. The summed E-state index contributed by atoms with van der Waals surface area (Å²) in [5, 5.41) is 3.83. The molecule has 0 aromatic carbocycles. The Balaban J connectivity index is 2.11. The van der Waals surface area contributed by atoms with E-state index in [0.29, 0.717) is 11.0 Å². The topological polar surface area (TPSA) is 47.0 Å². The maximum absolute atomic E-state index is 5.71. The summed E-state index contributed by atoms with van der Waals surface area (Å²) < 4.78 is 5.52. The lowest BCUT2D eigenvalue weighted by atomic mass is 9.95. The average molecular weight is 228 g/mol. The maximum Gasteiger partial charge on any atom is 0.223 e. The van der Waals surface area contributed by atoms with Gasteiger partial charge in [-0.25, -0.2) is 9.97 Å². The average Bonchev–Trinajstić information content (AvgIpc) is 2.51. The van der Waals surface area contributed by atoms with E-state index in [1.54, 1.807) is 12.4 Å². The van der Waals surface area contributed by atoms with Crippen LogP contribution >= 0.6 is 11.6 Å². The van der Waals surface area contributed by atoms with Crippen LogP contribution in [0.25, 0.3) is 0 Å². The Morgan fingerprint density at radius 1 is 1.53 bits per heavy atom. The largest absolute Gasteiger partial charge is 0.376 e. The first-order chi connectivity index (χ1) is 7.10. The van der Waals surface area contributed by atoms with Gasteiger partial charge in [-0.05, 0) is 20.3 Å². The molecule has 5 heteroatoms. The summed E-state index contributed by atoms with van der Waals surface area (Å²) in [4.78, 5) is 8.22. The summed E-state index contributed by atoms with van der Waals surface area (Å²) in [6.45, 7) is 4.94. The van der Waals surface area contributed by atoms with Crippen molar-refractivity contribution in [1.29, 1.82) is 0 Å². The highest BCUT2D eigenvalue weighted by Gasteiger charge is 2.37. The SMILES string of the molecule is CC1OCCC1(C)Nc1ncc(Cl)cn1. The smallest absolute Gasteiger partial charge is 0.223 e. The third-order valence-electron chi connectivity index (χ3n) is 2.90. The van der Waals surface area contributed by atoms with E-state index in [-0.39, 0.29) is 11.6 Å². The lowest BCUT2D eigenvalue weighted by molar-refractivity contribution is 0.105. The van der Waals surface area contributed by atoms with Crippen LogP contribution in [0.3, 0.4) is 0 Å². The Hall–Kier alpha value is -0.870. The van der Waals surface area contributed by atoms with Crippen LogP contribution in [-0.4, -0.2) is 28.2 Å². The van der Waals surface area contributed by atoms with Crippen LogP contribution in [0, 0.1) is 0 Å². The van der Waals surface area contributed by atoms with Gasteiger partial charge in [-0.15, -0.1) is 0 Å². The fourth-order valence-electron chi connectivity index (χ4n) is 1.63. The van der Waals surface area contributed by atoms with E-state index in [4.69, 9.17) is 16.3 Å². The summed E-state index contributed by atoms with van der Waals surface area (Å²) in [7, 11) is 0. The van der Waals surface area contributed by atoms with E-state index in [9.17, 15) is 0 Å². The molecule has 1 aliphatic rings. The fraction of sp³-hybridized carbons (Fsp3) is 0.600. The second kappa shape index (κ2) is 3.94. The van der Waals surface area contributed by atoms with Gasteiger partial charge in [0.2, 0.25) is 5.95 Å². The van der Waals surface area contributed by atoms with Crippen molar-refractivity contribution >= 4 is 17.5 Å². The zero-order valence-electron chi connectivity index (χ0n) is 8.83. The maximum atomic E-state index is 5.71. The number of nitrogens with zero attached hydrogens (tertiary/aromatic N) is 2.